The van der Waals surface area contributed by atoms with Crippen LogP contribution in [-0.4, -0.2) is 77.4 Å². The zero-order valence-corrected chi connectivity index (χ0v) is 16.4. The third-order valence-electron chi connectivity index (χ3n) is 4.46. The number of aryl methyl sites for hydroxylation is 1. The van der Waals surface area contributed by atoms with E-state index in [1.807, 2.05) is 10.3 Å². The summed E-state index contributed by atoms with van der Waals surface area (Å²) in [6.07, 6.45) is -3.45. The molecule has 1 aromatic heterocycles. The Balaban J connectivity index is 0.000000445. The van der Waals surface area contributed by atoms with E-state index in [-0.39, 0.29) is 18.6 Å². The second-order valence-electron chi connectivity index (χ2n) is 6.24. The van der Waals surface area contributed by atoms with E-state index in [1.165, 1.54) is 10.4 Å². The highest BCUT2D eigenvalue weighted by molar-refractivity contribution is 7.10. The van der Waals surface area contributed by atoms with Crippen molar-refractivity contribution in [2.75, 3.05) is 33.3 Å². The highest BCUT2D eigenvalue weighted by Gasteiger charge is 2.38. The molecule has 0 aliphatic carbocycles. The van der Waals surface area contributed by atoms with E-state index in [0.717, 1.165) is 31.5 Å². The van der Waals surface area contributed by atoms with Gasteiger partial charge >= 0.3 is 12.1 Å². The number of carbonyl (C=O) groups excluding carboxylic acids is 1. The molecule has 0 saturated carbocycles. The maximum atomic E-state index is 12.7. The number of thiophene rings is 1. The van der Waals surface area contributed by atoms with E-state index in [4.69, 9.17) is 15.0 Å². The predicted molar refractivity (Wildman–Crippen MR) is 96.1 cm³/mol. The van der Waals surface area contributed by atoms with Crippen molar-refractivity contribution in [1.82, 2.24) is 9.80 Å². The predicted octanol–water partition coefficient (Wildman–Crippen LogP) is 2.39. The lowest BCUT2D eigenvalue weighted by Crippen LogP contribution is -2.53. The van der Waals surface area contributed by atoms with E-state index >= 15 is 0 Å². The van der Waals surface area contributed by atoms with Gasteiger partial charge in [-0.1, -0.05) is 6.92 Å². The van der Waals surface area contributed by atoms with Gasteiger partial charge < -0.3 is 15.1 Å². The largest absolute Gasteiger partial charge is 0.490 e. The van der Waals surface area contributed by atoms with E-state index in [9.17, 15) is 18.0 Å². The fraction of sp³-hybridized carbons (Fsp3) is 0.647. The van der Waals surface area contributed by atoms with Gasteiger partial charge in [0.15, 0.2) is 0 Å². The number of nitrogens with zero attached hydrogens (tertiary/aromatic N) is 2. The molecule has 2 heterocycles. The molecule has 1 atom stereocenters. The summed E-state index contributed by atoms with van der Waals surface area (Å²) in [6.45, 7) is 6.72. The minimum absolute atomic E-state index is 0.155. The Hall–Kier alpha value is -1.65. The number of alkyl halides is 3. The Morgan fingerprint density at radius 3 is 2.41 bits per heavy atom. The number of aliphatic hydroxyl groups is 1. The molecule has 1 aromatic rings. The number of amides is 1. The molecule has 2 rings (SSSR count). The molecule has 27 heavy (non-hydrogen) atoms. The standard InChI is InChI=1S/C15H24N2O2S.C2HF3O2/c1-4-13-11(2)20-10-14(13)15(19)17-7-6-16(3)12(9-17)5-8-18;3-2(4,5)1(6)7/h10,12,18H,4-9H2,1-3H3;(H,6,7). The Morgan fingerprint density at radius 2 is 1.93 bits per heavy atom. The number of carbonyl (C=O) groups is 2. The van der Waals surface area contributed by atoms with Crippen molar-refractivity contribution in [3.8, 4) is 0 Å². The van der Waals surface area contributed by atoms with Gasteiger partial charge in [-0.05, 0) is 32.4 Å². The summed E-state index contributed by atoms with van der Waals surface area (Å²) in [6, 6.07) is 0.266. The molecule has 10 heteroatoms. The van der Waals surface area contributed by atoms with Crippen molar-refractivity contribution in [3.63, 3.8) is 0 Å². The fourth-order valence-electron chi connectivity index (χ4n) is 2.86. The van der Waals surface area contributed by atoms with Crippen molar-refractivity contribution in [1.29, 1.82) is 0 Å². The van der Waals surface area contributed by atoms with Gasteiger partial charge in [-0.25, -0.2) is 4.79 Å². The molecule has 1 aliphatic rings. The first-order valence-corrected chi connectivity index (χ1v) is 9.38. The average Bonchev–Trinajstić information content (AvgIpc) is 2.96. The summed E-state index contributed by atoms with van der Waals surface area (Å²) in [5.74, 6) is -2.60. The number of halogens is 3. The molecule has 1 amide bonds. The van der Waals surface area contributed by atoms with E-state index in [1.54, 1.807) is 11.3 Å². The first kappa shape index (κ1) is 23.4. The first-order valence-electron chi connectivity index (χ1n) is 8.50. The Labute approximate surface area is 160 Å². The van der Waals surface area contributed by atoms with Crippen molar-refractivity contribution in [2.24, 2.45) is 0 Å². The Morgan fingerprint density at radius 1 is 1.33 bits per heavy atom. The molecule has 1 unspecified atom stereocenters. The van der Waals surface area contributed by atoms with Crippen molar-refractivity contribution in [3.05, 3.63) is 21.4 Å². The van der Waals surface area contributed by atoms with Gasteiger partial charge in [0.1, 0.15) is 0 Å². The molecule has 0 radical (unpaired) electrons. The van der Waals surface area contributed by atoms with Crippen LogP contribution < -0.4 is 0 Å². The minimum Gasteiger partial charge on any atom is -0.475 e. The number of piperazine rings is 1. The number of carboxylic acid groups (broad SMARTS) is 1. The average molecular weight is 410 g/mol. The number of hydrogen-bond acceptors (Lipinski definition) is 5. The van der Waals surface area contributed by atoms with Gasteiger partial charge in [0.05, 0.1) is 5.56 Å². The van der Waals surface area contributed by atoms with Gasteiger partial charge in [0.25, 0.3) is 5.91 Å². The van der Waals surface area contributed by atoms with Crippen LogP contribution in [-0.2, 0) is 11.2 Å². The molecule has 6 nitrogen and oxygen atoms in total. The normalized spacial score (nSPS) is 18.0. The van der Waals surface area contributed by atoms with Gasteiger partial charge in [-0.2, -0.15) is 13.2 Å². The highest BCUT2D eigenvalue weighted by Crippen LogP contribution is 2.25. The third kappa shape index (κ3) is 6.47. The zero-order chi connectivity index (χ0) is 20.8. The number of hydrogen-bond donors (Lipinski definition) is 2. The minimum atomic E-state index is -5.08. The van der Waals surface area contributed by atoms with Gasteiger partial charge in [-0.3, -0.25) is 9.69 Å². The zero-order valence-electron chi connectivity index (χ0n) is 15.5. The quantitative estimate of drug-likeness (QED) is 0.797. The third-order valence-corrected chi connectivity index (χ3v) is 5.41. The maximum absolute atomic E-state index is 12.7. The van der Waals surface area contributed by atoms with Crippen LogP contribution in [0.5, 0.6) is 0 Å². The first-order chi connectivity index (χ1) is 12.5. The summed E-state index contributed by atoms with van der Waals surface area (Å²) < 4.78 is 31.7. The lowest BCUT2D eigenvalue weighted by Gasteiger charge is -2.39. The lowest BCUT2D eigenvalue weighted by atomic mass is 10.1. The van der Waals surface area contributed by atoms with Crippen LogP contribution in [0.3, 0.4) is 0 Å². The number of carboxylic acids is 1. The molecule has 1 fully saturated rings. The summed E-state index contributed by atoms with van der Waals surface area (Å²) >= 11 is 1.66. The Bertz CT molecular complexity index is 649. The summed E-state index contributed by atoms with van der Waals surface area (Å²) in [4.78, 5) is 27.0. The van der Waals surface area contributed by atoms with Crippen LogP contribution in [0.15, 0.2) is 5.38 Å². The molecule has 1 aliphatic heterocycles. The van der Waals surface area contributed by atoms with Crippen LogP contribution in [0.25, 0.3) is 0 Å². The fourth-order valence-corrected chi connectivity index (χ4v) is 3.79. The van der Waals surface area contributed by atoms with E-state index in [2.05, 4.69) is 25.8 Å². The molecule has 0 spiro atoms. The van der Waals surface area contributed by atoms with Crippen LogP contribution >= 0.6 is 11.3 Å². The van der Waals surface area contributed by atoms with Crippen molar-refractivity contribution in [2.45, 2.75) is 38.9 Å². The SMILES string of the molecule is CCc1c(C(=O)N2CCN(C)C(CCO)C2)csc1C.O=C(O)C(F)(F)F. The second-order valence-corrected chi connectivity index (χ2v) is 7.32. The molecular formula is C17H25F3N2O4S. The Kier molecular flexibility index (Phi) is 8.70. The smallest absolute Gasteiger partial charge is 0.475 e. The number of aliphatic carboxylic acids is 1. The van der Waals surface area contributed by atoms with Crippen LogP contribution in [0.1, 0.15) is 34.1 Å². The summed E-state index contributed by atoms with van der Waals surface area (Å²) in [7, 11) is 2.06. The molecule has 2 N–H and O–H groups in total. The van der Waals surface area contributed by atoms with Crippen LogP contribution in [0, 0.1) is 6.92 Å². The molecule has 0 aromatic carbocycles. The summed E-state index contributed by atoms with van der Waals surface area (Å²) in [5.41, 5.74) is 2.07. The van der Waals surface area contributed by atoms with Crippen LogP contribution in [0.4, 0.5) is 13.2 Å². The molecular weight excluding hydrogens is 385 g/mol. The topological polar surface area (TPSA) is 81.1 Å². The maximum Gasteiger partial charge on any atom is 0.490 e. The van der Waals surface area contributed by atoms with E-state index in [0.29, 0.717) is 6.54 Å². The van der Waals surface area contributed by atoms with Gasteiger partial charge in [0, 0.05) is 42.5 Å². The number of rotatable bonds is 4. The van der Waals surface area contributed by atoms with Gasteiger partial charge in [-0.15, -0.1) is 11.3 Å². The second kappa shape index (κ2) is 10.0. The number of likely N-dealkylation sites (N-methyl/N-ethyl adjacent to an activating group) is 1. The monoisotopic (exact) mass is 410 g/mol. The van der Waals surface area contributed by atoms with Crippen molar-refractivity contribution >= 4 is 23.2 Å². The molecule has 154 valence electrons. The molecule has 0 bridgehead atoms. The van der Waals surface area contributed by atoms with Gasteiger partial charge in [0.2, 0.25) is 0 Å². The summed E-state index contributed by atoms with van der Waals surface area (Å²) in [5, 5.41) is 18.3. The van der Waals surface area contributed by atoms with Crippen LogP contribution in [0.2, 0.25) is 0 Å². The lowest BCUT2D eigenvalue weighted by molar-refractivity contribution is -0.192. The highest BCUT2D eigenvalue weighted by atomic mass is 32.1. The number of aliphatic hydroxyl groups excluding tert-OH is 1. The van der Waals surface area contributed by atoms with E-state index < -0.39 is 12.1 Å². The molecule has 1 saturated heterocycles. The van der Waals surface area contributed by atoms with Crippen molar-refractivity contribution < 1.29 is 33.0 Å².